The van der Waals surface area contributed by atoms with Crippen molar-refractivity contribution in [2.24, 2.45) is 5.73 Å². The van der Waals surface area contributed by atoms with E-state index in [0.29, 0.717) is 26.4 Å². The summed E-state index contributed by atoms with van der Waals surface area (Å²) in [7, 11) is 1.69. The Morgan fingerprint density at radius 2 is 2.00 bits per heavy atom. The van der Waals surface area contributed by atoms with Gasteiger partial charge < -0.3 is 19.9 Å². The van der Waals surface area contributed by atoms with Crippen molar-refractivity contribution in [3.8, 4) is 5.75 Å². The number of methoxy groups -OCH3 is 1. The summed E-state index contributed by atoms with van der Waals surface area (Å²) in [6.45, 7) is 3.21. The lowest BCUT2D eigenvalue weighted by atomic mass is 10.1. The Kier molecular flexibility index (Phi) is 8.82. The number of hydrogen-bond acceptors (Lipinski definition) is 4. The van der Waals surface area contributed by atoms with Crippen LogP contribution in [0.15, 0.2) is 22.7 Å². The van der Waals surface area contributed by atoms with E-state index in [9.17, 15) is 0 Å². The number of hydrogen-bond donors (Lipinski definition) is 1. The van der Waals surface area contributed by atoms with Crippen LogP contribution in [0, 0.1) is 0 Å². The Balaban J connectivity index is 2.23. The molecule has 0 heterocycles. The van der Waals surface area contributed by atoms with E-state index >= 15 is 0 Å². The Labute approximate surface area is 123 Å². The number of nitrogens with two attached hydrogens (primary N) is 1. The molecule has 0 unspecified atom stereocenters. The zero-order chi connectivity index (χ0) is 13.9. The molecule has 1 aromatic rings. The summed E-state index contributed by atoms with van der Waals surface area (Å²) in [6.07, 6.45) is 1.75. The van der Waals surface area contributed by atoms with Gasteiger partial charge in [0.2, 0.25) is 0 Å². The van der Waals surface area contributed by atoms with Crippen LogP contribution in [-0.2, 0) is 15.9 Å². The van der Waals surface area contributed by atoms with Crippen molar-refractivity contribution in [2.45, 2.75) is 12.8 Å². The second-order valence-electron chi connectivity index (χ2n) is 4.10. The lowest BCUT2D eigenvalue weighted by molar-refractivity contribution is 0.0806. The zero-order valence-corrected chi connectivity index (χ0v) is 12.9. The fourth-order valence-corrected chi connectivity index (χ4v) is 2.06. The van der Waals surface area contributed by atoms with Crippen molar-refractivity contribution >= 4 is 15.9 Å². The van der Waals surface area contributed by atoms with E-state index in [1.165, 1.54) is 5.56 Å². The maximum atomic E-state index is 5.64. The average Bonchev–Trinajstić information content (AvgIpc) is 2.41. The summed E-state index contributed by atoms with van der Waals surface area (Å²) in [4.78, 5) is 0. The molecular weight excluding hydrogens is 310 g/mol. The first-order chi connectivity index (χ1) is 9.27. The number of benzene rings is 1. The summed E-state index contributed by atoms with van der Waals surface area (Å²) in [6, 6.07) is 5.94. The lowest BCUT2D eigenvalue weighted by Crippen LogP contribution is -2.09. The van der Waals surface area contributed by atoms with Crippen molar-refractivity contribution in [1.82, 2.24) is 0 Å². The van der Waals surface area contributed by atoms with Crippen LogP contribution in [0.4, 0.5) is 0 Å². The molecule has 19 heavy (non-hydrogen) atoms. The predicted octanol–water partition coefficient (Wildman–Crippen LogP) is 2.38. The number of rotatable bonds is 10. The van der Waals surface area contributed by atoms with E-state index in [4.69, 9.17) is 19.9 Å². The van der Waals surface area contributed by atoms with Crippen LogP contribution >= 0.6 is 15.9 Å². The Bertz CT molecular complexity index is 361. The van der Waals surface area contributed by atoms with E-state index < -0.39 is 0 Å². The van der Waals surface area contributed by atoms with Crippen molar-refractivity contribution in [3.63, 3.8) is 0 Å². The predicted molar refractivity (Wildman–Crippen MR) is 79.7 cm³/mol. The molecule has 1 rings (SSSR count). The molecule has 108 valence electrons. The van der Waals surface area contributed by atoms with Crippen LogP contribution in [0.1, 0.15) is 12.0 Å². The minimum atomic E-state index is 0.552. The summed E-state index contributed by atoms with van der Waals surface area (Å²) in [5, 5.41) is 0. The van der Waals surface area contributed by atoms with Gasteiger partial charge in [-0.25, -0.2) is 0 Å². The molecule has 4 nitrogen and oxygen atoms in total. The third-order valence-corrected chi connectivity index (χ3v) is 3.34. The standard InChI is InChI=1S/C14H22BrNO3/c1-17-7-2-8-18-9-10-19-13-3-4-14(15)12(11-13)5-6-16/h3-4,11H,2,5-10,16H2,1H3. The van der Waals surface area contributed by atoms with Gasteiger partial charge >= 0.3 is 0 Å². The summed E-state index contributed by atoms with van der Waals surface area (Å²) >= 11 is 3.50. The highest BCUT2D eigenvalue weighted by Gasteiger charge is 2.02. The van der Waals surface area contributed by atoms with Crippen molar-refractivity contribution in [1.29, 1.82) is 0 Å². The zero-order valence-electron chi connectivity index (χ0n) is 11.4. The highest BCUT2D eigenvalue weighted by molar-refractivity contribution is 9.10. The molecule has 0 saturated carbocycles. The van der Waals surface area contributed by atoms with Gasteiger partial charge in [-0.1, -0.05) is 15.9 Å². The highest BCUT2D eigenvalue weighted by Crippen LogP contribution is 2.22. The van der Waals surface area contributed by atoms with Gasteiger partial charge in [-0.05, 0) is 43.1 Å². The van der Waals surface area contributed by atoms with Gasteiger partial charge in [0.25, 0.3) is 0 Å². The van der Waals surface area contributed by atoms with Crippen LogP contribution in [0.25, 0.3) is 0 Å². The van der Waals surface area contributed by atoms with Crippen molar-refractivity contribution < 1.29 is 14.2 Å². The molecule has 0 aliphatic rings. The van der Waals surface area contributed by atoms with Crippen LogP contribution in [0.3, 0.4) is 0 Å². The monoisotopic (exact) mass is 331 g/mol. The Hall–Kier alpha value is -0.620. The van der Waals surface area contributed by atoms with Crippen molar-refractivity contribution in [2.75, 3.05) is 40.1 Å². The first-order valence-corrected chi connectivity index (χ1v) is 7.25. The minimum absolute atomic E-state index is 0.552. The van der Waals surface area contributed by atoms with E-state index in [0.717, 1.165) is 29.7 Å². The molecule has 0 amide bonds. The van der Waals surface area contributed by atoms with Gasteiger partial charge in [-0.2, -0.15) is 0 Å². The first-order valence-electron chi connectivity index (χ1n) is 6.46. The molecule has 0 spiro atoms. The summed E-state index contributed by atoms with van der Waals surface area (Å²) in [5.41, 5.74) is 6.73. The topological polar surface area (TPSA) is 53.7 Å². The minimum Gasteiger partial charge on any atom is -0.491 e. The third kappa shape index (κ3) is 6.92. The van der Waals surface area contributed by atoms with Crippen LogP contribution in [-0.4, -0.2) is 40.1 Å². The van der Waals surface area contributed by atoms with E-state index in [2.05, 4.69) is 15.9 Å². The summed E-state index contributed by atoms with van der Waals surface area (Å²) in [5.74, 6) is 0.854. The van der Waals surface area contributed by atoms with Crippen LogP contribution < -0.4 is 10.5 Å². The van der Waals surface area contributed by atoms with Gasteiger partial charge in [0, 0.05) is 24.8 Å². The fraction of sp³-hybridized carbons (Fsp3) is 0.571. The Morgan fingerprint density at radius 3 is 2.74 bits per heavy atom. The highest BCUT2D eigenvalue weighted by atomic mass is 79.9. The van der Waals surface area contributed by atoms with E-state index in [1.807, 2.05) is 18.2 Å². The quantitative estimate of drug-likeness (QED) is 0.669. The number of ether oxygens (including phenoxy) is 3. The van der Waals surface area contributed by atoms with E-state index in [1.54, 1.807) is 7.11 Å². The molecule has 5 heteroatoms. The van der Waals surface area contributed by atoms with Gasteiger partial charge in [0.1, 0.15) is 12.4 Å². The molecule has 0 aliphatic heterocycles. The lowest BCUT2D eigenvalue weighted by Gasteiger charge is -2.09. The molecule has 2 N–H and O–H groups in total. The first kappa shape index (κ1) is 16.4. The van der Waals surface area contributed by atoms with Crippen molar-refractivity contribution in [3.05, 3.63) is 28.2 Å². The third-order valence-electron chi connectivity index (χ3n) is 2.56. The smallest absolute Gasteiger partial charge is 0.119 e. The van der Waals surface area contributed by atoms with Gasteiger partial charge in [-0.15, -0.1) is 0 Å². The normalized spacial score (nSPS) is 10.7. The molecule has 0 aliphatic carbocycles. The second kappa shape index (κ2) is 10.2. The molecule has 1 aromatic carbocycles. The maximum absolute atomic E-state index is 5.64. The maximum Gasteiger partial charge on any atom is 0.119 e. The van der Waals surface area contributed by atoms with Gasteiger partial charge in [0.15, 0.2) is 0 Å². The van der Waals surface area contributed by atoms with Crippen LogP contribution in [0.5, 0.6) is 5.75 Å². The second-order valence-corrected chi connectivity index (χ2v) is 4.95. The fourth-order valence-electron chi connectivity index (χ4n) is 1.61. The SMILES string of the molecule is COCCCOCCOc1ccc(Br)c(CCN)c1. The molecule has 0 atom stereocenters. The summed E-state index contributed by atoms with van der Waals surface area (Å²) < 4.78 is 17.1. The molecule has 0 saturated heterocycles. The number of halogens is 1. The van der Waals surface area contributed by atoms with E-state index in [-0.39, 0.29) is 0 Å². The average molecular weight is 332 g/mol. The molecule has 0 fully saturated rings. The molecular formula is C14H22BrNO3. The van der Waals surface area contributed by atoms with Gasteiger partial charge in [-0.3, -0.25) is 0 Å². The molecule has 0 bridgehead atoms. The molecule has 0 radical (unpaired) electrons. The Morgan fingerprint density at radius 1 is 1.16 bits per heavy atom. The van der Waals surface area contributed by atoms with Crippen LogP contribution in [0.2, 0.25) is 0 Å². The molecule has 0 aromatic heterocycles. The largest absolute Gasteiger partial charge is 0.491 e. The van der Waals surface area contributed by atoms with Gasteiger partial charge in [0.05, 0.1) is 6.61 Å².